The van der Waals surface area contributed by atoms with Crippen molar-refractivity contribution < 1.29 is 31.4 Å². The zero-order chi connectivity index (χ0) is 23.7. The van der Waals surface area contributed by atoms with Gasteiger partial charge in [-0.1, -0.05) is 6.08 Å². The summed E-state index contributed by atoms with van der Waals surface area (Å²) in [5.74, 6) is -3.73. The largest absolute Gasteiger partial charge is 0.494 e. The quantitative estimate of drug-likeness (QED) is 0.269. The number of sulfonamides is 1. The van der Waals surface area contributed by atoms with Crippen LogP contribution in [0, 0.1) is 21.0 Å². The Hall–Kier alpha value is -1.99. The number of ether oxygens (including phenoxy) is 1. The van der Waals surface area contributed by atoms with Crippen molar-refractivity contribution in [2.75, 3.05) is 17.1 Å². The highest BCUT2D eigenvalue weighted by atomic mass is 127. The van der Waals surface area contributed by atoms with E-state index in [1.165, 1.54) is 25.3 Å². The summed E-state index contributed by atoms with van der Waals surface area (Å²) in [7, 11) is -2.99. The zero-order valence-electron chi connectivity index (χ0n) is 17.1. The molecule has 1 atom stereocenters. The minimum Gasteiger partial charge on any atom is -0.494 e. The fourth-order valence-electron chi connectivity index (χ4n) is 3.38. The molecule has 0 heterocycles. The van der Waals surface area contributed by atoms with Crippen LogP contribution < -0.4 is 14.8 Å². The third kappa shape index (κ3) is 4.99. The molecule has 2 aromatic carbocycles. The smallest absolute Gasteiger partial charge is 0.238 e. The molecule has 32 heavy (non-hydrogen) atoms. The lowest BCUT2D eigenvalue weighted by atomic mass is 10.1. The Kier molecular flexibility index (Phi) is 7.30. The van der Waals surface area contributed by atoms with Crippen molar-refractivity contribution in [2.45, 2.75) is 36.5 Å². The molecule has 0 radical (unpaired) electrons. The Morgan fingerprint density at radius 2 is 1.94 bits per heavy atom. The highest BCUT2D eigenvalue weighted by molar-refractivity contribution is 14.1. The SMILES string of the molecule is C=CC[C@H](O)CC1(S(=O)(=O)Nc2c(OC)cc(F)c(F)c2Nc2ccc(I)cc2F)CC1. The van der Waals surface area contributed by atoms with Crippen molar-refractivity contribution in [1.82, 2.24) is 0 Å². The second-order valence-electron chi connectivity index (χ2n) is 7.54. The van der Waals surface area contributed by atoms with E-state index in [1.54, 1.807) is 6.07 Å². The molecule has 0 aliphatic heterocycles. The molecule has 0 spiro atoms. The molecular weight excluding hydrogens is 560 g/mol. The molecule has 11 heteroatoms. The summed E-state index contributed by atoms with van der Waals surface area (Å²) in [5, 5.41) is 12.5. The number of hydrogen-bond acceptors (Lipinski definition) is 5. The Morgan fingerprint density at radius 3 is 2.50 bits per heavy atom. The van der Waals surface area contributed by atoms with Gasteiger partial charge in [-0.05, 0) is 66.5 Å². The lowest BCUT2D eigenvalue weighted by molar-refractivity contribution is 0.164. The number of rotatable bonds is 10. The van der Waals surface area contributed by atoms with Gasteiger partial charge in [0.15, 0.2) is 11.6 Å². The number of aliphatic hydroxyl groups is 1. The molecule has 1 fully saturated rings. The first kappa shape index (κ1) is 24.6. The van der Waals surface area contributed by atoms with E-state index in [9.17, 15) is 26.7 Å². The lowest BCUT2D eigenvalue weighted by Crippen LogP contribution is -2.33. The monoisotopic (exact) mass is 582 g/mol. The molecule has 0 amide bonds. The van der Waals surface area contributed by atoms with Gasteiger partial charge in [0.25, 0.3) is 0 Å². The molecule has 0 bridgehead atoms. The second kappa shape index (κ2) is 9.48. The van der Waals surface area contributed by atoms with Crippen molar-refractivity contribution in [3.63, 3.8) is 0 Å². The van der Waals surface area contributed by atoms with Gasteiger partial charge in [0.1, 0.15) is 22.9 Å². The van der Waals surface area contributed by atoms with Gasteiger partial charge >= 0.3 is 0 Å². The summed E-state index contributed by atoms with van der Waals surface area (Å²) in [6, 6.07) is 4.75. The molecule has 0 unspecified atom stereocenters. The predicted molar refractivity (Wildman–Crippen MR) is 125 cm³/mol. The molecule has 6 nitrogen and oxygen atoms in total. The Bertz CT molecular complexity index is 1140. The number of hydrogen-bond donors (Lipinski definition) is 3. The first-order valence-electron chi connectivity index (χ1n) is 9.63. The van der Waals surface area contributed by atoms with Gasteiger partial charge in [-0.3, -0.25) is 4.72 Å². The van der Waals surface area contributed by atoms with Crippen molar-refractivity contribution >= 4 is 49.7 Å². The Labute approximate surface area is 198 Å². The fourth-order valence-corrected chi connectivity index (χ4v) is 5.57. The molecule has 2 aromatic rings. The summed E-state index contributed by atoms with van der Waals surface area (Å²) in [6.07, 6.45) is 1.31. The van der Waals surface area contributed by atoms with Gasteiger partial charge in [-0.2, -0.15) is 0 Å². The number of methoxy groups -OCH3 is 1. The van der Waals surface area contributed by atoms with Crippen LogP contribution in [0.5, 0.6) is 5.75 Å². The molecule has 3 rings (SSSR count). The van der Waals surface area contributed by atoms with E-state index in [4.69, 9.17) is 4.74 Å². The first-order valence-corrected chi connectivity index (χ1v) is 12.2. The van der Waals surface area contributed by atoms with Crippen molar-refractivity contribution in [3.8, 4) is 5.75 Å². The summed E-state index contributed by atoms with van der Waals surface area (Å²) >= 11 is 1.89. The van der Waals surface area contributed by atoms with E-state index >= 15 is 0 Å². The van der Waals surface area contributed by atoms with E-state index in [2.05, 4.69) is 16.6 Å². The fraction of sp³-hybridized carbons (Fsp3) is 0.333. The molecule has 3 N–H and O–H groups in total. The van der Waals surface area contributed by atoms with Crippen LogP contribution in [0.15, 0.2) is 36.9 Å². The van der Waals surface area contributed by atoms with Crippen molar-refractivity contribution in [1.29, 1.82) is 0 Å². The molecule has 0 saturated heterocycles. The van der Waals surface area contributed by atoms with E-state index < -0.39 is 49.7 Å². The van der Waals surface area contributed by atoms with Crippen LogP contribution in [0.2, 0.25) is 0 Å². The normalized spacial score (nSPS) is 15.7. The molecular formula is C21H22F3IN2O4S. The maximum Gasteiger partial charge on any atom is 0.238 e. The minimum absolute atomic E-state index is 0.0468. The number of halogens is 4. The first-order chi connectivity index (χ1) is 15.0. The average Bonchev–Trinajstić information content (AvgIpc) is 3.50. The molecule has 1 saturated carbocycles. The van der Waals surface area contributed by atoms with E-state index in [0.29, 0.717) is 9.64 Å². The van der Waals surface area contributed by atoms with E-state index in [1.807, 2.05) is 22.6 Å². The minimum atomic E-state index is -4.16. The maximum atomic E-state index is 14.8. The Morgan fingerprint density at radius 1 is 1.25 bits per heavy atom. The van der Waals surface area contributed by atoms with Crippen LogP contribution in [0.4, 0.5) is 30.2 Å². The maximum absolute atomic E-state index is 14.8. The highest BCUT2D eigenvalue weighted by Crippen LogP contribution is 2.50. The van der Waals surface area contributed by atoms with Gasteiger partial charge in [-0.25, -0.2) is 21.6 Å². The van der Waals surface area contributed by atoms with Crippen LogP contribution in [0.1, 0.15) is 25.7 Å². The third-order valence-electron chi connectivity index (χ3n) is 5.25. The summed E-state index contributed by atoms with van der Waals surface area (Å²) < 4.78 is 76.4. The van der Waals surface area contributed by atoms with Crippen LogP contribution in [-0.2, 0) is 10.0 Å². The van der Waals surface area contributed by atoms with Gasteiger partial charge in [0, 0.05) is 9.64 Å². The third-order valence-corrected chi connectivity index (χ3v) is 8.11. The Balaban J connectivity index is 2.03. The highest BCUT2D eigenvalue weighted by Gasteiger charge is 2.55. The number of anilines is 3. The summed E-state index contributed by atoms with van der Waals surface area (Å²) in [4.78, 5) is 0. The number of aliphatic hydroxyl groups excluding tert-OH is 1. The molecule has 1 aliphatic rings. The van der Waals surface area contributed by atoms with Crippen LogP contribution in [0.25, 0.3) is 0 Å². The molecule has 1 aliphatic carbocycles. The van der Waals surface area contributed by atoms with Crippen molar-refractivity contribution in [2.24, 2.45) is 0 Å². The number of benzene rings is 2. The van der Waals surface area contributed by atoms with Gasteiger partial charge in [-0.15, -0.1) is 6.58 Å². The lowest BCUT2D eigenvalue weighted by Gasteiger charge is -2.23. The van der Waals surface area contributed by atoms with Gasteiger partial charge < -0.3 is 15.2 Å². The van der Waals surface area contributed by atoms with E-state index in [0.717, 1.165) is 0 Å². The second-order valence-corrected chi connectivity index (χ2v) is 10.9. The van der Waals surface area contributed by atoms with Crippen molar-refractivity contribution in [3.05, 3.63) is 57.9 Å². The van der Waals surface area contributed by atoms with Crippen LogP contribution in [0.3, 0.4) is 0 Å². The standard InChI is InChI=1S/C21H22F3IN2O4S/c1-3-4-13(28)11-21(7-8-21)32(29,30)27-19-17(31-2)10-15(23)18(24)20(19)26-16-6-5-12(25)9-14(16)22/h3,5-6,9-10,13,26-28H,1,4,7-8,11H2,2H3/t13-/m0/s1. The average molecular weight is 582 g/mol. The van der Waals surface area contributed by atoms with Crippen LogP contribution in [-0.4, -0.2) is 31.5 Å². The zero-order valence-corrected chi connectivity index (χ0v) is 20.1. The summed E-state index contributed by atoms with van der Waals surface area (Å²) in [6.45, 7) is 3.53. The van der Waals surface area contributed by atoms with E-state index in [-0.39, 0.29) is 37.1 Å². The van der Waals surface area contributed by atoms with Crippen LogP contribution >= 0.6 is 22.6 Å². The molecule has 174 valence electrons. The summed E-state index contributed by atoms with van der Waals surface area (Å²) in [5.41, 5.74) is -1.19. The number of nitrogens with one attached hydrogen (secondary N) is 2. The predicted octanol–water partition coefficient (Wildman–Crippen LogP) is 5.06. The van der Waals surface area contributed by atoms with Gasteiger partial charge in [0.2, 0.25) is 10.0 Å². The molecule has 0 aromatic heterocycles. The van der Waals surface area contributed by atoms with Gasteiger partial charge in [0.05, 0.1) is 23.6 Å². The topological polar surface area (TPSA) is 87.7 Å².